The van der Waals surface area contributed by atoms with E-state index < -0.39 is 5.97 Å². The molecule has 3 heteroatoms. The van der Waals surface area contributed by atoms with Crippen LogP contribution < -0.4 is 0 Å². The fourth-order valence-corrected chi connectivity index (χ4v) is 5.36. The van der Waals surface area contributed by atoms with Crippen LogP contribution in [0.2, 0.25) is 0 Å². The minimum absolute atomic E-state index is 0.0660. The van der Waals surface area contributed by atoms with Crippen molar-refractivity contribution in [2.75, 3.05) is 19.6 Å². The molecule has 1 N–H and O–H groups in total. The molecule has 1 saturated carbocycles. The second kappa shape index (κ2) is 6.28. The van der Waals surface area contributed by atoms with Crippen LogP contribution in [-0.4, -0.2) is 35.6 Å². The van der Waals surface area contributed by atoms with E-state index in [9.17, 15) is 9.90 Å². The first-order chi connectivity index (χ1) is 12.0. The molecule has 1 aliphatic heterocycles. The Kier molecular flexibility index (Phi) is 4.23. The lowest BCUT2D eigenvalue weighted by atomic mass is 9.67. The van der Waals surface area contributed by atoms with Crippen molar-refractivity contribution in [1.29, 1.82) is 0 Å². The summed E-state index contributed by atoms with van der Waals surface area (Å²) in [6.45, 7) is 8.12. The quantitative estimate of drug-likeness (QED) is 0.836. The first-order valence-electron chi connectivity index (χ1n) is 9.70. The van der Waals surface area contributed by atoms with E-state index in [1.54, 1.807) is 6.07 Å². The van der Waals surface area contributed by atoms with Crippen LogP contribution in [-0.2, 0) is 5.41 Å². The van der Waals surface area contributed by atoms with Gasteiger partial charge < -0.3 is 10.0 Å². The molecule has 2 fully saturated rings. The Morgan fingerprint density at radius 1 is 1.32 bits per heavy atom. The summed E-state index contributed by atoms with van der Waals surface area (Å²) in [6.07, 6.45) is 8.74. The largest absolute Gasteiger partial charge is 0.478 e. The number of carbonyl (C=O) groups is 1. The van der Waals surface area contributed by atoms with Crippen molar-refractivity contribution in [3.63, 3.8) is 0 Å². The number of allylic oxidation sites excluding steroid dienone is 2. The van der Waals surface area contributed by atoms with Gasteiger partial charge in [-0.25, -0.2) is 4.79 Å². The Bertz CT molecular complexity index is 697. The highest BCUT2D eigenvalue weighted by Crippen LogP contribution is 2.45. The van der Waals surface area contributed by atoms with Gasteiger partial charge in [-0.05, 0) is 72.6 Å². The Morgan fingerprint density at radius 3 is 2.80 bits per heavy atom. The van der Waals surface area contributed by atoms with Gasteiger partial charge in [-0.2, -0.15) is 0 Å². The van der Waals surface area contributed by atoms with Crippen molar-refractivity contribution in [1.82, 2.24) is 4.90 Å². The average Bonchev–Trinajstić information content (AvgIpc) is 3.21. The van der Waals surface area contributed by atoms with Gasteiger partial charge in [0.05, 0.1) is 5.56 Å². The Balaban J connectivity index is 1.44. The maximum atomic E-state index is 11.3. The number of rotatable bonds is 4. The molecule has 2 bridgehead atoms. The Labute approximate surface area is 150 Å². The molecular weight excluding hydrogens is 310 g/mol. The van der Waals surface area contributed by atoms with Gasteiger partial charge in [-0.3, -0.25) is 0 Å². The first kappa shape index (κ1) is 16.8. The van der Waals surface area contributed by atoms with Gasteiger partial charge in [0.1, 0.15) is 0 Å². The fourth-order valence-electron chi connectivity index (χ4n) is 5.36. The van der Waals surface area contributed by atoms with E-state index in [0.717, 1.165) is 37.3 Å². The number of fused-ring (bicyclic) bond motifs is 2. The summed E-state index contributed by atoms with van der Waals surface area (Å²) < 4.78 is 0. The zero-order chi connectivity index (χ0) is 17.6. The van der Waals surface area contributed by atoms with Gasteiger partial charge in [0, 0.05) is 13.1 Å². The van der Waals surface area contributed by atoms with E-state index in [1.807, 2.05) is 12.1 Å². The second-order valence-electron chi connectivity index (χ2n) is 8.75. The highest BCUT2D eigenvalue weighted by Gasteiger charge is 2.41. The highest BCUT2D eigenvalue weighted by molar-refractivity contribution is 5.87. The maximum Gasteiger partial charge on any atom is 0.335 e. The third-order valence-corrected chi connectivity index (χ3v) is 7.25. The third-order valence-electron chi connectivity index (χ3n) is 7.25. The van der Waals surface area contributed by atoms with Crippen LogP contribution in [0.4, 0.5) is 0 Å². The van der Waals surface area contributed by atoms with E-state index in [0.29, 0.717) is 11.5 Å². The molecule has 4 rings (SSSR count). The molecule has 134 valence electrons. The molecule has 25 heavy (non-hydrogen) atoms. The standard InChI is InChI=1S/C22H29NO2/c1-15-13-23(14-19-11-16-6-7-17(19)10-16)9-8-22(15,2)20-5-3-4-18(12-20)21(24)25/h3-7,12,15-17,19H,8-11,13-14H2,1-2H3,(H,24,25)/t15-,16-,17+,19?,22+/m0/s1. The average molecular weight is 339 g/mol. The summed E-state index contributed by atoms with van der Waals surface area (Å²) >= 11 is 0. The summed E-state index contributed by atoms with van der Waals surface area (Å²) in [7, 11) is 0. The molecule has 1 unspecified atom stereocenters. The summed E-state index contributed by atoms with van der Waals surface area (Å²) in [5, 5.41) is 9.30. The van der Waals surface area contributed by atoms with Crippen LogP contribution >= 0.6 is 0 Å². The molecule has 3 nitrogen and oxygen atoms in total. The van der Waals surface area contributed by atoms with E-state index in [-0.39, 0.29) is 5.41 Å². The van der Waals surface area contributed by atoms with Crippen LogP contribution in [0.5, 0.6) is 0 Å². The summed E-state index contributed by atoms with van der Waals surface area (Å²) in [6, 6.07) is 7.58. The zero-order valence-corrected chi connectivity index (χ0v) is 15.3. The molecule has 0 spiro atoms. The number of nitrogens with zero attached hydrogens (tertiary/aromatic N) is 1. The summed E-state index contributed by atoms with van der Waals surface area (Å²) in [5.74, 6) is 2.21. The summed E-state index contributed by atoms with van der Waals surface area (Å²) in [4.78, 5) is 14.0. The number of carboxylic acid groups (broad SMARTS) is 1. The molecule has 3 aliphatic rings. The van der Waals surface area contributed by atoms with Crippen molar-refractivity contribution in [3.8, 4) is 0 Å². The van der Waals surface area contributed by atoms with Crippen LogP contribution in [0.3, 0.4) is 0 Å². The van der Waals surface area contributed by atoms with E-state index in [1.165, 1.54) is 24.9 Å². The number of benzene rings is 1. The molecule has 0 amide bonds. The third kappa shape index (κ3) is 3.03. The van der Waals surface area contributed by atoms with Gasteiger partial charge in [-0.1, -0.05) is 38.1 Å². The van der Waals surface area contributed by atoms with Gasteiger partial charge >= 0.3 is 5.97 Å². The minimum atomic E-state index is -0.833. The van der Waals surface area contributed by atoms with Crippen molar-refractivity contribution in [2.45, 2.75) is 38.5 Å². The van der Waals surface area contributed by atoms with Gasteiger partial charge in [0.15, 0.2) is 0 Å². The predicted octanol–water partition coefficient (Wildman–Crippen LogP) is 4.20. The molecule has 5 atom stereocenters. The number of likely N-dealkylation sites (tertiary alicyclic amines) is 1. The predicted molar refractivity (Wildman–Crippen MR) is 99.8 cm³/mol. The van der Waals surface area contributed by atoms with Crippen LogP contribution in [0.1, 0.15) is 49.0 Å². The molecular formula is C22H29NO2. The maximum absolute atomic E-state index is 11.3. The molecule has 1 heterocycles. The van der Waals surface area contributed by atoms with Gasteiger partial charge in [0.2, 0.25) is 0 Å². The topological polar surface area (TPSA) is 40.5 Å². The number of aromatic carboxylic acids is 1. The smallest absolute Gasteiger partial charge is 0.335 e. The molecule has 2 aliphatic carbocycles. The van der Waals surface area contributed by atoms with Crippen LogP contribution in [0.15, 0.2) is 36.4 Å². The van der Waals surface area contributed by atoms with Crippen molar-refractivity contribution < 1.29 is 9.90 Å². The van der Waals surface area contributed by atoms with E-state index in [4.69, 9.17) is 0 Å². The van der Waals surface area contributed by atoms with Gasteiger partial charge in [-0.15, -0.1) is 0 Å². The SMILES string of the molecule is C[C@H]1CN(CC2C[C@H]3C=C[C@@H]2C3)CC[C@@]1(C)c1cccc(C(=O)O)c1. The monoisotopic (exact) mass is 339 g/mol. The van der Waals surface area contributed by atoms with E-state index >= 15 is 0 Å². The molecule has 0 radical (unpaired) electrons. The molecule has 0 aromatic heterocycles. The molecule has 1 aromatic carbocycles. The lowest BCUT2D eigenvalue weighted by Crippen LogP contribution is -2.48. The Hall–Kier alpha value is -1.61. The second-order valence-corrected chi connectivity index (χ2v) is 8.75. The number of hydrogen-bond donors (Lipinski definition) is 1. The van der Waals surface area contributed by atoms with Gasteiger partial charge in [0.25, 0.3) is 0 Å². The zero-order valence-electron chi connectivity index (χ0n) is 15.3. The normalized spacial score (nSPS) is 37.5. The van der Waals surface area contributed by atoms with Crippen molar-refractivity contribution in [2.24, 2.45) is 23.7 Å². The minimum Gasteiger partial charge on any atom is -0.478 e. The van der Waals surface area contributed by atoms with Crippen LogP contribution in [0.25, 0.3) is 0 Å². The number of piperidine rings is 1. The Morgan fingerprint density at radius 2 is 2.16 bits per heavy atom. The first-order valence-corrected chi connectivity index (χ1v) is 9.70. The summed E-state index contributed by atoms with van der Waals surface area (Å²) in [5.41, 5.74) is 1.65. The lowest BCUT2D eigenvalue weighted by molar-refractivity contribution is 0.0695. The molecule has 1 aromatic rings. The lowest BCUT2D eigenvalue weighted by Gasteiger charge is -2.46. The number of hydrogen-bond acceptors (Lipinski definition) is 2. The fraction of sp³-hybridized carbons (Fsp3) is 0.591. The highest BCUT2D eigenvalue weighted by atomic mass is 16.4. The van der Waals surface area contributed by atoms with E-state index in [2.05, 4.69) is 37.0 Å². The van der Waals surface area contributed by atoms with Crippen molar-refractivity contribution in [3.05, 3.63) is 47.5 Å². The van der Waals surface area contributed by atoms with Crippen molar-refractivity contribution >= 4 is 5.97 Å². The van der Waals surface area contributed by atoms with Crippen LogP contribution in [0, 0.1) is 23.7 Å². The molecule has 1 saturated heterocycles. The number of carboxylic acids is 1.